The molecular formula is C18H21N3O5S2. The third-order valence-electron chi connectivity index (χ3n) is 3.58. The summed E-state index contributed by atoms with van der Waals surface area (Å²) in [5.74, 6) is -0.491. The van der Waals surface area contributed by atoms with Gasteiger partial charge in [0.2, 0.25) is 20.0 Å². The molecule has 0 aliphatic rings. The molecule has 0 unspecified atom stereocenters. The molecule has 0 fully saturated rings. The number of hydrogen-bond donors (Lipinski definition) is 3. The van der Waals surface area contributed by atoms with Crippen LogP contribution in [0.15, 0.2) is 66.1 Å². The summed E-state index contributed by atoms with van der Waals surface area (Å²) in [5, 5.41) is 2.66. The van der Waals surface area contributed by atoms with Gasteiger partial charge in [-0.25, -0.2) is 21.6 Å². The van der Waals surface area contributed by atoms with Crippen molar-refractivity contribution in [1.29, 1.82) is 0 Å². The van der Waals surface area contributed by atoms with Crippen LogP contribution < -0.4 is 14.8 Å². The minimum Gasteiger partial charge on any atom is -0.348 e. The van der Waals surface area contributed by atoms with Gasteiger partial charge >= 0.3 is 0 Å². The van der Waals surface area contributed by atoms with Gasteiger partial charge in [0.15, 0.2) is 0 Å². The average molecular weight is 424 g/mol. The van der Waals surface area contributed by atoms with E-state index in [0.29, 0.717) is 11.3 Å². The molecule has 150 valence electrons. The topological polar surface area (TPSA) is 121 Å². The van der Waals surface area contributed by atoms with Crippen LogP contribution in [-0.4, -0.2) is 35.5 Å². The zero-order valence-corrected chi connectivity index (χ0v) is 16.8. The number of anilines is 1. The van der Waals surface area contributed by atoms with E-state index in [-0.39, 0.29) is 23.5 Å². The van der Waals surface area contributed by atoms with Gasteiger partial charge in [-0.2, -0.15) is 0 Å². The van der Waals surface area contributed by atoms with Crippen LogP contribution in [0.2, 0.25) is 0 Å². The molecule has 2 aromatic carbocycles. The molecule has 0 aliphatic heterocycles. The van der Waals surface area contributed by atoms with Crippen molar-refractivity contribution in [1.82, 2.24) is 10.0 Å². The lowest BCUT2D eigenvalue weighted by Crippen LogP contribution is -2.26. The summed E-state index contributed by atoms with van der Waals surface area (Å²) in [6.07, 6.45) is 2.45. The standard InChI is InChI=1S/C18H21N3O5S2/c1-3-11-20-28(25,26)16-9-6-8-14(12-16)18(22)19-13-15-7-4-5-10-17(15)21-27(2,23)24/h3-10,12,20-21H,1,11,13H2,2H3,(H,19,22). The second kappa shape index (κ2) is 9.00. The van der Waals surface area contributed by atoms with Crippen LogP contribution >= 0.6 is 0 Å². The van der Waals surface area contributed by atoms with E-state index >= 15 is 0 Å². The fraction of sp³-hybridized carbons (Fsp3) is 0.167. The monoisotopic (exact) mass is 423 g/mol. The minimum atomic E-state index is -3.75. The van der Waals surface area contributed by atoms with Gasteiger partial charge in [-0.05, 0) is 29.8 Å². The first-order valence-corrected chi connectivity index (χ1v) is 11.5. The number of carbonyl (C=O) groups is 1. The lowest BCUT2D eigenvalue weighted by molar-refractivity contribution is 0.0951. The van der Waals surface area contributed by atoms with Crippen molar-refractivity contribution in [2.45, 2.75) is 11.4 Å². The van der Waals surface area contributed by atoms with Gasteiger partial charge in [0.05, 0.1) is 16.8 Å². The highest BCUT2D eigenvalue weighted by Crippen LogP contribution is 2.17. The Kier molecular flexibility index (Phi) is 6.95. The summed E-state index contributed by atoms with van der Waals surface area (Å²) in [6.45, 7) is 3.58. The van der Waals surface area contributed by atoms with Crippen LogP contribution in [0, 0.1) is 0 Å². The predicted molar refractivity (Wildman–Crippen MR) is 108 cm³/mol. The van der Waals surface area contributed by atoms with Crippen LogP contribution in [0.5, 0.6) is 0 Å². The van der Waals surface area contributed by atoms with Gasteiger partial charge in [0, 0.05) is 18.7 Å². The summed E-state index contributed by atoms with van der Waals surface area (Å²) in [5.41, 5.74) is 1.09. The average Bonchev–Trinajstić information content (AvgIpc) is 2.64. The van der Waals surface area contributed by atoms with Crippen molar-refractivity contribution in [3.05, 3.63) is 72.3 Å². The van der Waals surface area contributed by atoms with Gasteiger partial charge in [-0.1, -0.05) is 30.3 Å². The molecule has 1 amide bonds. The minimum absolute atomic E-state index is 0.0406. The van der Waals surface area contributed by atoms with E-state index in [2.05, 4.69) is 21.3 Å². The maximum absolute atomic E-state index is 12.4. The molecule has 2 rings (SSSR count). The highest BCUT2D eigenvalue weighted by Gasteiger charge is 2.16. The Hall–Kier alpha value is -2.69. The molecule has 0 aliphatic carbocycles. The first-order valence-electron chi connectivity index (χ1n) is 8.17. The number of amides is 1. The van der Waals surface area contributed by atoms with E-state index in [0.717, 1.165) is 6.26 Å². The number of nitrogens with one attached hydrogen (secondary N) is 3. The van der Waals surface area contributed by atoms with Crippen LogP contribution in [0.4, 0.5) is 5.69 Å². The zero-order valence-electron chi connectivity index (χ0n) is 15.2. The number of benzene rings is 2. The smallest absolute Gasteiger partial charge is 0.251 e. The summed E-state index contributed by atoms with van der Waals surface area (Å²) in [4.78, 5) is 12.4. The Bertz CT molecular complexity index is 1080. The van der Waals surface area contributed by atoms with Gasteiger partial charge < -0.3 is 5.32 Å². The van der Waals surface area contributed by atoms with Crippen molar-refractivity contribution in [3.8, 4) is 0 Å². The van der Waals surface area contributed by atoms with E-state index in [1.807, 2.05) is 0 Å². The number of rotatable bonds is 9. The molecule has 0 heterocycles. The maximum atomic E-state index is 12.4. The van der Waals surface area contributed by atoms with E-state index in [4.69, 9.17) is 0 Å². The summed E-state index contributed by atoms with van der Waals surface area (Å²) in [6, 6.07) is 12.2. The number of hydrogen-bond acceptors (Lipinski definition) is 5. The molecule has 10 heteroatoms. The van der Waals surface area contributed by atoms with Crippen molar-refractivity contribution in [3.63, 3.8) is 0 Å². The first kappa shape index (κ1) is 21.6. The zero-order chi connectivity index (χ0) is 20.8. The molecule has 8 nitrogen and oxygen atoms in total. The maximum Gasteiger partial charge on any atom is 0.251 e. The summed E-state index contributed by atoms with van der Waals surface area (Å²) < 4.78 is 52.0. The van der Waals surface area contributed by atoms with Crippen LogP contribution in [0.25, 0.3) is 0 Å². The molecule has 3 N–H and O–H groups in total. The third kappa shape index (κ3) is 6.19. The fourth-order valence-electron chi connectivity index (χ4n) is 2.31. The Morgan fingerprint density at radius 2 is 1.79 bits per heavy atom. The lowest BCUT2D eigenvalue weighted by Gasteiger charge is -2.12. The summed E-state index contributed by atoms with van der Waals surface area (Å²) in [7, 11) is -7.21. The second-order valence-electron chi connectivity index (χ2n) is 5.88. The van der Waals surface area contributed by atoms with Crippen LogP contribution in [0.1, 0.15) is 15.9 Å². The van der Waals surface area contributed by atoms with Crippen molar-refractivity contribution < 1.29 is 21.6 Å². The van der Waals surface area contributed by atoms with E-state index in [1.54, 1.807) is 24.3 Å². The molecule has 2 aromatic rings. The van der Waals surface area contributed by atoms with Crippen LogP contribution in [0.3, 0.4) is 0 Å². The number of para-hydroxylation sites is 1. The molecule has 0 spiro atoms. The summed E-state index contributed by atoms with van der Waals surface area (Å²) >= 11 is 0. The van der Waals surface area contributed by atoms with Crippen molar-refractivity contribution in [2.24, 2.45) is 0 Å². The highest BCUT2D eigenvalue weighted by molar-refractivity contribution is 7.92. The molecule has 0 saturated heterocycles. The Morgan fingerprint density at radius 1 is 1.07 bits per heavy atom. The number of carbonyl (C=O) groups excluding carboxylic acids is 1. The first-order chi connectivity index (χ1) is 13.1. The highest BCUT2D eigenvalue weighted by atomic mass is 32.2. The quantitative estimate of drug-likeness (QED) is 0.527. The number of sulfonamides is 2. The third-order valence-corrected chi connectivity index (χ3v) is 5.59. The molecule has 0 bridgehead atoms. The SMILES string of the molecule is C=CCNS(=O)(=O)c1cccc(C(=O)NCc2ccccc2NS(C)(=O)=O)c1. The van der Waals surface area contributed by atoms with Crippen LogP contribution in [-0.2, 0) is 26.6 Å². The second-order valence-corrected chi connectivity index (χ2v) is 9.40. The molecule has 0 aromatic heterocycles. The molecule has 28 heavy (non-hydrogen) atoms. The Labute approximate surface area is 164 Å². The van der Waals surface area contributed by atoms with Crippen molar-refractivity contribution in [2.75, 3.05) is 17.5 Å². The Morgan fingerprint density at radius 3 is 2.46 bits per heavy atom. The predicted octanol–water partition coefficient (Wildman–Crippen LogP) is 1.45. The van der Waals surface area contributed by atoms with Gasteiger partial charge in [0.25, 0.3) is 5.91 Å². The molecule has 0 saturated carbocycles. The van der Waals surface area contributed by atoms with E-state index < -0.39 is 26.0 Å². The van der Waals surface area contributed by atoms with Crippen molar-refractivity contribution >= 4 is 31.6 Å². The van der Waals surface area contributed by atoms with E-state index in [1.165, 1.54) is 30.3 Å². The normalized spacial score (nSPS) is 11.6. The van der Waals surface area contributed by atoms with E-state index in [9.17, 15) is 21.6 Å². The molecule has 0 radical (unpaired) electrons. The molecular weight excluding hydrogens is 402 g/mol. The lowest BCUT2D eigenvalue weighted by atomic mass is 10.1. The largest absolute Gasteiger partial charge is 0.348 e. The fourth-order valence-corrected chi connectivity index (χ4v) is 3.95. The van der Waals surface area contributed by atoms with Gasteiger partial charge in [-0.15, -0.1) is 6.58 Å². The van der Waals surface area contributed by atoms with Gasteiger partial charge in [-0.3, -0.25) is 9.52 Å². The van der Waals surface area contributed by atoms with Gasteiger partial charge in [0.1, 0.15) is 0 Å². The Balaban J connectivity index is 2.15. The molecule has 0 atom stereocenters.